The number of hydrogen-bond donors (Lipinski definition) is 2. The van der Waals surface area contributed by atoms with Crippen LogP contribution in [0.5, 0.6) is 0 Å². The zero-order valence-corrected chi connectivity index (χ0v) is 14.8. The number of esters is 2. The van der Waals surface area contributed by atoms with Crippen LogP contribution in [0.3, 0.4) is 0 Å². The van der Waals surface area contributed by atoms with Crippen LogP contribution in [0.25, 0.3) is 0 Å². The van der Waals surface area contributed by atoms with E-state index in [2.05, 4.69) is 0 Å². The van der Waals surface area contributed by atoms with Gasteiger partial charge in [0, 0.05) is 10.1 Å². The fourth-order valence-electron chi connectivity index (χ4n) is 4.09. The average Bonchev–Trinajstić information content (AvgIpc) is 3.30. The van der Waals surface area contributed by atoms with E-state index in [0.29, 0.717) is 0 Å². The zero-order chi connectivity index (χ0) is 19.6. The molecule has 4 bridgehead atoms. The van der Waals surface area contributed by atoms with Crippen molar-refractivity contribution in [1.82, 2.24) is 0 Å². The lowest BCUT2D eigenvalue weighted by molar-refractivity contribution is -0.171. The first-order valence-corrected chi connectivity index (χ1v) is 8.72. The molecule has 9 nitrogen and oxygen atoms in total. The van der Waals surface area contributed by atoms with E-state index in [0.717, 1.165) is 0 Å². The second-order valence-electron chi connectivity index (χ2n) is 6.67. The summed E-state index contributed by atoms with van der Waals surface area (Å²) in [5.41, 5.74) is 0. The van der Waals surface area contributed by atoms with Crippen molar-refractivity contribution in [2.24, 2.45) is 23.7 Å². The molecule has 144 valence electrons. The zero-order valence-electron chi connectivity index (χ0n) is 13.3. The van der Waals surface area contributed by atoms with Gasteiger partial charge in [-0.3, -0.25) is 19.2 Å². The molecule has 11 heteroatoms. The molecule has 0 spiro atoms. The van der Waals surface area contributed by atoms with E-state index >= 15 is 0 Å². The quantitative estimate of drug-likeness (QED) is 0.493. The third-order valence-electron chi connectivity index (χ3n) is 5.25. The Morgan fingerprint density at radius 1 is 0.778 bits per heavy atom. The Kier molecular flexibility index (Phi) is 4.30. The number of carbonyl (C=O) groups excluding carboxylic acids is 2. The molecule has 0 radical (unpaired) electrons. The van der Waals surface area contributed by atoms with Crippen LogP contribution in [0.2, 0.25) is 0 Å². The predicted octanol–water partition coefficient (Wildman–Crippen LogP) is 0.498. The van der Waals surface area contributed by atoms with Crippen LogP contribution in [-0.2, 0) is 33.4 Å². The Morgan fingerprint density at radius 2 is 1.15 bits per heavy atom. The number of ether oxygens (including phenoxy) is 3. The van der Waals surface area contributed by atoms with Gasteiger partial charge in [0.15, 0.2) is 0 Å². The van der Waals surface area contributed by atoms with Gasteiger partial charge in [0.05, 0.1) is 12.2 Å². The SMILES string of the molecule is O=C(OC(=O)C1C2C=C(Cl)C(O2)C1C(=O)O)C1C2C=C(Cl)C(O2)C1C(=O)O. The normalized spacial score (nSPS) is 41.3. The number of rotatable bonds is 4. The highest BCUT2D eigenvalue weighted by Crippen LogP contribution is 2.47. The minimum absolute atomic E-state index is 0.176. The van der Waals surface area contributed by atoms with E-state index in [9.17, 15) is 29.4 Å². The molecule has 0 aromatic carbocycles. The minimum Gasteiger partial charge on any atom is -0.481 e. The highest BCUT2D eigenvalue weighted by molar-refractivity contribution is 6.31. The monoisotopic (exact) mass is 418 g/mol. The number of fused-ring (bicyclic) bond motifs is 4. The van der Waals surface area contributed by atoms with Crippen molar-refractivity contribution >= 4 is 47.1 Å². The Labute approximate surface area is 161 Å². The molecule has 27 heavy (non-hydrogen) atoms. The van der Waals surface area contributed by atoms with Gasteiger partial charge in [-0.05, 0) is 12.2 Å². The number of aliphatic carboxylic acids is 2. The maximum absolute atomic E-state index is 12.5. The first-order chi connectivity index (χ1) is 12.7. The summed E-state index contributed by atoms with van der Waals surface area (Å²) in [6, 6.07) is 0. The first-order valence-electron chi connectivity index (χ1n) is 7.97. The van der Waals surface area contributed by atoms with Gasteiger partial charge in [-0.25, -0.2) is 0 Å². The highest BCUT2D eigenvalue weighted by Gasteiger charge is 2.60. The van der Waals surface area contributed by atoms with E-state index in [4.69, 9.17) is 37.4 Å². The van der Waals surface area contributed by atoms with Crippen LogP contribution in [0.1, 0.15) is 0 Å². The van der Waals surface area contributed by atoms with Crippen molar-refractivity contribution in [3.8, 4) is 0 Å². The van der Waals surface area contributed by atoms with Crippen LogP contribution in [0.15, 0.2) is 22.2 Å². The third kappa shape index (κ3) is 2.68. The number of carbonyl (C=O) groups is 4. The standard InChI is InChI=1S/C16H12Cl2O9/c17-3-1-5-7(9(13(19)20)11(3)25-5)15(23)27-16(24)8-6-2-4(18)12(26-6)10(8)14(21)22/h1-2,5-12H,(H,19,20)(H,21,22). The largest absolute Gasteiger partial charge is 0.481 e. The van der Waals surface area contributed by atoms with Crippen molar-refractivity contribution in [2.75, 3.05) is 0 Å². The Hall–Kier alpha value is -1.94. The molecule has 2 fully saturated rings. The molecule has 0 aliphatic carbocycles. The van der Waals surface area contributed by atoms with Crippen LogP contribution < -0.4 is 0 Å². The molecular weight excluding hydrogens is 407 g/mol. The minimum atomic E-state index is -1.32. The van der Waals surface area contributed by atoms with Gasteiger partial charge >= 0.3 is 23.9 Å². The van der Waals surface area contributed by atoms with Crippen LogP contribution >= 0.6 is 23.2 Å². The Balaban J connectivity index is 1.53. The summed E-state index contributed by atoms with van der Waals surface area (Å²) >= 11 is 11.8. The molecule has 2 N–H and O–H groups in total. The lowest BCUT2D eigenvalue weighted by Crippen LogP contribution is -2.42. The fraction of sp³-hybridized carbons (Fsp3) is 0.500. The topological polar surface area (TPSA) is 136 Å². The van der Waals surface area contributed by atoms with Gasteiger partial charge in [0.25, 0.3) is 0 Å². The average molecular weight is 419 g/mol. The Bertz CT molecular complexity index is 753. The summed E-state index contributed by atoms with van der Waals surface area (Å²) in [7, 11) is 0. The van der Waals surface area contributed by atoms with Crippen LogP contribution in [0, 0.1) is 23.7 Å². The van der Waals surface area contributed by atoms with Gasteiger partial charge in [0.1, 0.15) is 35.9 Å². The lowest BCUT2D eigenvalue weighted by atomic mass is 9.82. The van der Waals surface area contributed by atoms with Crippen molar-refractivity contribution < 1.29 is 43.6 Å². The summed E-state index contributed by atoms with van der Waals surface area (Å²) < 4.78 is 15.6. The molecule has 2 saturated heterocycles. The predicted molar refractivity (Wildman–Crippen MR) is 85.5 cm³/mol. The van der Waals surface area contributed by atoms with Gasteiger partial charge < -0.3 is 24.4 Å². The van der Waals surface area contributed by atoms with Gasteiger partial charge in [-0.1, -0.05) is 23.2 Å². The van der Waals surface area contributed by atoms with Crippen molar-refractivity contribution in [1.29, 1.82) is 0 Å². The second kappa shape index (κ2) is 6.30. The molecule has 4 rings (SSSR count). The molecule has 4 aliphatic rings. The van der Waals surface area contributed by atoms with E-state index in [1.165, 1.54) is 12.2 Å². The molecule has 0 aromatic heterocycles. The third-order valence-corrected chi connectivity index (χ3v) is 5.93. The van der Waals surface area contributed by atoms with E-state index in [1.807, 2.05) is 0 Å². The summed E-state index contributed by atoms with van der Waals surface area (Å²) in [6.07, 6.45) is -1.03. The van der Waals surface area contributed by atoms with Gasteiger partial charge in [0.2, 0.25) is 0 Å². The molecular formula is C16H12Cl2O9. The van der Waals surface area contributed by atoms with Gasteiger partial charge in [-0.2, -0.15) is 0 Å². The maximum atomic E-state index is 12.5. The molecule has 0 amide bonds. The molecule has 0 saturated carbocycles. The fourth-order valence-corrected chi connectivity index (χ4v) is 4.71. The Morgan fingerprint density at radius 3 is 1.48 bits per heavy atom. The maximum Gasteiger partial charge on any atom is 0.320 e. The molecule has 0 aromatic rings. The van der Waals surface area contributed by atoms with Crippen LogP contribution in [0.4, 0.5) is 0 Å². The van der Waals surface area contributed by atoms with Crippen molar-refractivity contribution in [3.63, 3.8) is 0 Å². The molecule has 8 atom stereocenters. The summed E-state index contributed by atoms with van der Waals surface area (Å²) in [4.78, 5) is 48.0. The second-order valence-corrected chi connectivity index (χ2v) is 7.54. The van der Waals surface area contributed by atoms with Crippen molar-refractivity contribution in [3.05, 3.63) is 22.2 Å². The summed E-state index contributed by atoms with van der Waals surface area (Å²) in [6.45, 7) is 0. The first kappa shape index (κ1) is 18.4. The number of halogens is 2. The van der Waals surface area contributed by atoms with E-state index < -0.39 is 72.0 Å². The summed E-state index contributed by atoms with van der Waals surface area (Å²) in [5.74, 6) is -9.97. The van der Waals surface area contributed by atoms with E-state index in [1.54, 1.807) is 0 Å². The van der Waals surface area contributed by atoms with Crippen molar-refractivity contribution in [2.45, 2.75) is 24.4 Å². The number of carboxylic acids is 2. The summed E-state index contributed by atoms with van der Waals surface area (Å²) in [5, 5.41) is 19.1. The molecule has 4 aliphatic heterocycles. The number of hydrogen-bond acceptors (Lipinski definition) is 7. The highest BCUT2D eigenvalue weighted by atomic mass is 35.5. The van der Waals surface area contributed by atoms with Gasteiger partial charge in [-0.15, -0.1) is 0 Å². The molecule has 8 unspecified atom stereocenters. The molecule has 4 heterocycles. The number of carboxylic acid groups (broad SMARTS) is 2. The van der Waals surface area contributed by atoms with Crippen LogP contribution in [-0.4, -0.2) is 58.5 Å². The smallest absolute Gasteiger partial charge is 0.320 e. The van der Waals surface area contributed by atoms with E-state index in [-0.39, 0.29) is 10.1 Å². The lowest BCUT2D eigenvalue weighted by Gasteiger charge is -2.24.